The van der Waals surface area contributed by atoms with Crippen LogP contribution in [0.3, 0.4) is 0 Å². The molecule has 1 aromatic heterocycles. The summed E-state index contributed by atoms with van der Waals surface area (Å²) in [7, 11) is 0. The minimum atomic E-state index is -0.838. The van der Waals surface area contributed by atoms with Crippen LogP contribution in [-0.4, -0.2) is 20.9 Å². The third-order valence-corrected chi connectivity index (χ3v) is 3.32. The second-order valence-electron chi connectivity index (χ2n) is 4.11. The molecule has 0 aliphatic rings. The molecule has 1 aromatic carbocycles. The fourth-order valence-corrected chi connectivity index (χ4v) is 2.33. The lowest BCUT2D eigenvalue weighted by atomic mass is 10.1. The number of aryl methyl sites for hydroxylation is 1. The molecule has 5 heteroatoms. The van der Waals surface area contributed by atoms with Gasteiger partial charge >= 0.3 is 5.97 Å². The Morgan fingerprint density at radius 1 is 1.44 bits per heavy atom. The summed E-state index contributed by atoms with van der Waals surface area (Å²) in [4.78, 5) is 10.8. The molecule has 0 aliphatic carbocycles. The summed E-state index contributed by atoms with van der Waals surface area (Å²) >= 11 is 3.41. The van der Waals surface area contributed by atoms with E-state index in [1.54, 1.807) is 4.68 Å². The van der Waals surface area contributed by atoms with Gasteiger partial charge in [-0.25, -0.2) is 4.68 Å². The largest absolute Gasteiger partial charge is 0.481 e. The first-order chi connectivity index (χ1) is 8.49. The predicted octanol–water partition coefficient (Wildman–Crippen LogP) is 2.88. The van der Waals surface area contributed by atoms with Gasteiger partial charge in [0.05, 0.1) is 17.8 Å². The monoisotopic (exact) mass is 308 g/mol. The Bertz CT molecular complexity index is 605. The van der Waals surface area contributed by atoms with Gasteiger partial charge in [0, 0.05) is 15.7 Å². The maximum Gasteiger partial charge on any atom is 0.307 e. The summed E-state index contributed by atoms with van der Waals surface area (Å²) in [5.74, 6) is -0.838. The van der Waals surface area contributed by atoms with E-state index in [4.69, 9.17) is 5.11 Å². The summed E-state index contributed by atoms with van der Waals surface area (Å²) in [6, 6.07) is 7.75. The third kappa shape index (κ3) is 2.46. The van der Waals surface area contributed by atoms with Gasteiger partial charge in [-0.2, -0.15) is 5.10 Å². The molecular formula is C13H13BrN2O2. The lowest BCUT2D eigenvalue weighted by molar-refractivity contribution is -0.136. The van der Waals surface area contributed by atoms with E-state index in [2.05, 4.69) is 21.0 Å². The zero-order valence-corrected chi connectivity index (χ0v) is 11.7. The minimum Gasteiger partial charge on any atom is -0.481 e. The van der Waals surface area contributed by atoms with Crippen LogP contribution in [0.2, 0.25) is 0 Å². The van der Waals surface area contributed by atoms with Crippen molar-refractivity contribution in [1.29, 1.82) is 0 Å². The number of nitrogens with zero attached hydrogens (tertiary/aromatic N) is 2. The quantitative estimate of drug-likeness (QED) is 0.948. The van der Waals surface area contributed by atoms with Crippen molar-refractivity contribution in [1.82, 2.24) is 9.78 Å². The molecule has 0 atom stereocenters. The summed E-state index contributed by atoms with van der Waals surface area (Å²) in [6.07, 6.45) is 0.00562. The number of hydrogen-bond donors (Lipinski definition) is 1. The Kier molecular flexibility index (Phi) is 3.52. The average molecular weight is 309 g/mol. The molecule has 1 N–H and O–H groups in total. The van der Waals surface area contributed by atoms with Crippen LogP contribution in [0.1, 0.15) is 17.0 Å². The van der Waals surface area contributed by atoms with Crippen molar-refractivity contribution in [3.63, 3.8) is 0 Å². The number of carboxylic acids is 1. The fraction of sp³-hybridized carbons (Fsp3) is 0.231. The van der Waals surface area contributed by atoms with Crippen molar-refractivity contribution in [3.05, 3.63) is 45.7 Å². The molecule has 0 saturated carbocycles. The molecule has 2 rings (SSSR count). The number of aromatic nitrogens is 2. The van der Waals surface area contributed by atoms with Crippen LogP contribution < -0.4 is 0 Å². The smallest absolute Gasteiger partial charge is 0.307 e. The van der Waals surface area contributed by atoms with Crippen molar-refractivity contribution in [2.24, 2.45) is 0 Å². The van der Waals surface area contributed by atoms with Gasteiger partial charge in [-0.15, -0.1) is 0 Å². The molecule has 0 fully saturated rings. The minimum absolute atomic E-state index is 0.00562. The second-order valence-corrected chi connectivity index (χ2v) is 5.03. The van der Waals surface area contributed by atoms with E-state index in [0.29, 0.717) is 0 Å². The van der Waals surface area contributed by atoms with Gasteiger partial charge in [-0.05, 0) is 32.0 Å². The Morgan fingerprint density at radius 2 is 2.17 bits per heavy atom. The number of benzene rings is 1. The molecule has 0 spiro atoms. The van der Waals surface area contributed by atoms with Crippen molar-refractivity contribution >= 4 is 21.9 Å². The van der Waals surface area contributed by atoms with Crippen LogP contribution in [0, 0.1) is 13.8 Å². The molecule has 0 radical (unpaired) electrons. The van der Waals surface area contributed by atoms with E-state index in [-0.39, 0.29) is 6.42 Å². The Morgan fingerprint density at radius 3 is 2.78 bits per heavy atom. The molecule has 0 aliphatic heterocycles. The lowest BCUT2D eigenvalue weighted by Crippen LogP contribution is -2.03. The van der Waals surface area contributed by atoms with E-state index in [9.17, 15) is 4.79 Å². The molecule has 0 amide bonds. The van der Waals surface area contributed by atoms with Gasteiger partial charge in [0.1, 0.15) is 0 Å². The van der Waals surface area contributed by atoms with E-state index < -0.39 is 5.97 Å². The third-order valence-electron chi connectivity index (χ3n) is 2.82. The molecule has 0 saturated heterocycles. The Hall–Kier alpha value is -1.62. The highest BCUT2D eigenvalue weighted by molar-refractivity contribution is 9.10. The molecule has 0 unspecified atom stereocenters. The highest BCUT2D eigenvalue weighted by atomic mass is 79.9. The van der Waals surface area contributed by atoms with E-state index in [1.807, 2.05) is 38.1 Å². The van der Waals surface area contributed by atoms with Crippen molar-refractivity contribution < 1.29 is 9.90 Å². The first-order valence-corrected chi connectivity index (χ1v) is 6.31. The summed E-state index contributed by atoms with van der Waals surface area (Å²) < 4.78 is 2.74. The van der Waals surface area contributed by atoms with Crippen LogP contribution >= 0.6 is 15.9 Å². The molecule has 18 heavy (non-hydrogen) atoms. The first kappa shape index (κ1) is 12.8. The van der Waals surface area contributed by atoms with Gasteiger partial charge in [-0.3, -0.25) is 4.79 Å². The number of hydrogen-bond acceptors (Lipinski definition) is 2. The van der Waals surface area contributed by atoms with Gasteiger partial charge in [-0.1, -0.05) is 22.0 Å². The predicted molar refractivity (Wildman–Crippen MR) is 72.1 cm³/mol. The topological polar surface area (TPSA) is 55.1 Å². The molecular weight excluding hydrogens is 296 g/mol. The highest BCUT2D eigenvalue weighted by Crippen LogP contribution is 2.20. The number of aliphatic carboxylic acids is 1. The number of carboxylic acid groups (broad SMARTS) is 1. The van der Waals surface area contributed by atoms with Crippen molar-refractivity contribution in [3.8, 4) is 5.69 Å². The van der Waals surface area contributed by atoms with Crippen LogP contribution in [0.25, 0.3) is 5.69 Å². The van der Waals surface area contributed by atoms with Crippen LogP contribution in [0.15, 0.2) is 28.7 Å². The van der Waals surface area contributed by atoms with Crippen LogP contribution in [-0.2, 0) is 11.2 Å². The maximum absolute atomic E-state index is 10.8. The van der Waals surface area contributed by atoms with Crippen LogP contribution in [0.4, 0.5) is 0 Å². The van der Waals surface area contributed by atoms with E-state index in [1.165, 1.54) is 0 Å². The van der Waals surface area contributed by atoms with Gasteiger partial charge < -0.3 is 5.11 Å². The van der Waals surface area contributed by atoms with Gasteiger partial charge in [0.2, 0.25) is 0 Å². The summed E-state index contributed by atoms with van der Waals surface area (Å²) in [6.45, 7) is 3.72. The maximum atomic E-state index is 10.8. The van der Waals surface area contributed by atoms with Gasteiger partial charge in [0.15, 0.2) is 0 Å². The summed E-state index contributed by atoms with van der Waals surface area (Å²) in [5.41, 5.74) is 3.33. The van der Waals surface area contributed by atoms with Crippen LogP contribution in [0.5, 0.6) is 0 Å². The standard InChI is InChI=1S/C13H13BrN2O2/c1-8-12(7-13(17)18)9(2)16(15-8)11-5-3-4-10(14)6-11/h3-6H,7H2,1-2H3,(H,17,18). The number of carbonyl (C=O) groups is 1. The normalized spacial score (nSPS) is 10.6. The van der Waals surface area contributed by atoms with Crippen molar-refractivity contribution in [2.45, 2.75) is 20.3 Å². The molecule has 4 nitrogen and oxygen atoms in total. The molecule has 1 heterocycles. The summed E-state index contributed by atoms with van der Waals surface area (Å²) in [5, 5.41) is 13.3. The fourth-order valence-electron chi connectivity index (χ4n) is 1.94. The number of rotatable bonds is 3. The zero-order valence-electron chi connectivity index (χ0n) is 10.1. The number of halogens is 1. The lowest BCUT2D eigenvalue weighted by Gasteiger charge is -2.05. The molecule has 2 aromatic rings. The van der Waals surface area contributed by atoms with Crippen molar-refractivity contribution in [2.75, 3.05) is 0 Å². The average Bonchev–Trinajstić information content (AvgIpc) is 2.56. The SMILES string of the molecule is Cc1nn(-c2cccc(Br)c2)c(C)c1CC(=O)O. The molecule has 0 bridgehead atoms. The Balaban J connectivity index is 2.50. The molecule has 94 valence electrons. The van der Waals surface area contributed by atoms with E-state index in [0.717, 1.165) is 27.1 Å². The highest BCUT2D eigenvalue weighted by Gasteiger charge is 2.15. The Labute approximate surface area is 113 Å². The first-order valence-electron chi connectivity index (χ1n) is 5.52. The van der Waals surface area contributed by atoms with Gasteiger partial charge in [0.25, 0.3) is 0 Å². The zero-order chi connectivity index (χ0) is 13.3. The second kappa shape index (κ2) is 4.94. The van der Waals surface area contributed by atoms with E-state index >= 15 is 0 Å².